The zero-order valence-corrected chi connectivity index (χ0v) is 23.8. The first-order valence-corrected chi connectivity index (χ1v) is 15.7. The van der Waals surface area contributed by atoms with Crippen LogP contribution in [0, 0.1) is 11.8 Å². The Balaban J connectivity index is 1.59. The number of hydrogen-bond donors (Lipinski definition) is 3. The molecule has 2 aromatic rings. The largest absolute Gasteiger partial charge is 0.344 e. The Labute approximate surface area is 227 Å². The van der Waals surface area contributed by atoms with Gasteiger partial charge in [0.15, 0.2) is 0 Å². The topological polar surface area (TPSA) is 104 Å². The maximum atomic E-state index is 13.7. The summed E-state index contributed by atoms with van der Waals surface area (Å²) in [7, 11) is -3.77. The van der Waals surface area contributed by atoms with Crippen LogP contribution in [0.5, 0.6) is 0 Å². The smallest absolute Gasteiger partial charge is 0.246 e. The van der Waals surface area contributed by atoms with Gasteiger partial charge in [-0.3, -0.25) is 9.59 Å². The first kappa shape index (κ1) is 28.6. The predicted molar refractivity (Wildman–Crippen MR) is 152 cm³/mol. The highest BCUT2D eigenvalue weighted by Gasteiger charge is 2.30. The lowest BCUT2D eigenvalue weighted by Gasteiger charge is -2.29. The fourth-order valence-electron chi connectivity index (χ4n) is 5.93. The average molecular weight is 542 g/mol. The molecule has 0 spiro atoms. The van der Waals surface area contributed by atoms with E-state index in [1.54, 1.807) is 45.0 Å². The Morgan fingerprint density at radius 3 is 2.11 bits per heavy atom. The van der Waals surface area contributed by atoms with Gasteiger partial charge in [0.05, 0.1) is 4.90 Å². The molecule has 4 rings (SSSR count). The molecule has 0 bridgehead atoms. The van der Waals surface area contributed by atoms with Crippen LogP contribution in [0.1, 0.15) is 91.4 Å². The second-order valence-electron chi connectivity index (χ2n) is 12.1. The molecule has 8 heteroatoms. The fraction of sp³-hybridized carbons (Fsp3) is 0.600. The van der Waals surface area contributed by atoms with Crippen LogP contribution in [-0.2, 0) is 19.6 Å². The van der Waals surface area contributed by atoms with E-state index in [9.17, 15) is 18.0 Å². The van der Waals surface area contributed by atoms with Gasteiger partial charge in [-0.25, -0.2) is 13.1 Å². The quantitative estimate of drug-likeness (QED) is 0.388. The Kier molecular flexibility index (Phi) is 9.14. The lowest BCUT2D eigenvalue weighted by Crippen LogP contribution is -2.47. The van der Waals surface area contributed by atoms with Crippen molar-refractivity contribution in [2.24, 2.45) is 11.8 Å². The van der Waals surface area contributed by atoms with Crippen LogP contribution in [0.25, 0.3) is 10.8 Å². The third-order valence-corrected chi connectivity index (χ3v) is 9.59. The molecule has 7 nitrogen and oxygen atoms in total. The van der Waals surface area contributed by atoms with Crippen molar-refractivity contribution >= 4 is 38.3 Å². The summed E-state index contributed by atoms with van der Waals surface area (Å²) < 4.78 is 29.0. The van der Waals surface area contributed by atoms with Crippen molar-refractivity contribution in [2.75, 3.05) is 5.32 Å². The molecule has 0 aliphatic heterocycles. The summed E-state index contributed by atoms with van der Waals surface area (Å²) >= 11 is 0. The van der Waals surface area contributed by atoms with E-state index in [-0.39, 0.29) is 22.6 Å². The molecule has 38 heavy (non-hydrogen) atoms. The number of nitrogens with one attached hydrogen (secondary N) is 3. The molecule has 2 amide bonds. The molecule has 0 heterocycles. The molecule has 1 atom stereocenters. The molecule has 0 radical (unpaired) electrons. The second kappa shape index (κ2) is 12.2. The number of rotatable bonds is 8. The zero-order chi connectivity index (χ0) is 27.3. The van der Waals surface area contributed by atoms with Crippen LogP contribution < -0.4 is 15.4 Å². The first-order chi connectivity index (χ1) is 18.0. The number of benzene rings is 2. The third kappa shape index (κ3) is 7.35. The lowest BCUT2D eigenvalue weighted by atomic mass is 9.84. The molecule has 3 N–H and O–H groups in total. The van der Waals surface area contributed by atoms with Crippen molar-refractivity contribution in [3.8, 4) is 0 Å². The van der Waals surface area contributed by atoms with Gasteiger partial charge in [0.2, 0.25) is 21.8 Å². The highest BCUT2D eigenvalue weighted by atomic mass is 32.2. The van der Waals surface area contributed by atoms with Crippen LogP contribution in [0.3, 0.4) is 0 Å². The number of anilines is 1. The first-order valence-electron chi connectivity index (χ1n) is 14.2. The van der Waals surface area contributed by atoms with E-state index >= 15 is 0 Å². The molecule has 2 fully saturated rings. The lowest BCUT2D eigenvalue weighted by molar-refractivity contribution is -0.130. The SMILES string of the molecule is CC(C)(C)NS(=O)(=O)c1ccc(NC(=O)C(CC2CCCCC2)NC(=O)C2CCCCC2)c2ccccc12. The van der Waals surface area contributed by atoms with Crippen molar-refractivity contribution in [3.05, 3.63) is 36.4 Å². The summed E-state index contributed by atoms with van der Waals surface area (Å²) in [5, 5.41) is 7.33. The monoisotopic (exact) mass is 541 g/mol. The standard InChI is InChI=1S/C30H43N3O4S/c1-30(2,3)33-38(36,37)27-19-18-25(23-16-10-11-17-24(23)27)31-29(35)26(20-21-12-6-4-7-13-21)32-28(34)22-14-8-5-9-15-22/h10-11,16-19,21-22,26,33H,4-9,12-15,20H2,1-3H3,(H,31,35)(H,32,34). The molecular formula is C30H43N3O4S. The van der Waals surface area contributed by atoms with E-state index < -0.39 is 21.6 Å². The van der Waals surface area contributed by atoms with Gasteiger partial charge in [0.25, 0.3) is 0 Å². The van der Waals surface area contributed by atoms with Gasteiger partial charge in [0.1, 0.15) is 6.04 Å². The maximum Gasteiger partial charge on any atom is 0.246 e. The Hall–Kier alpha value is -2.45. The van der Waals surface area contributed by atoms with Gasteiger partial charge in [0, 0.05) is 27.9 Å². The molecule has 208 valence electrons. The number of fused-ring (bicyclic) bond motifs is 1. The maximum absolute atomic E-state index is 13.7. The molecular weight excluding hydrogens is 498 g/mol. The molecule has 2 saturated carbocycles. The number of hydrogen-bond acceptors (Lipinski definition) is 4. The van der Waals surface area contributed by atoms with Crippen LogP contribution in [-0.4, -0.2) is 31.8 Å². The van der Waals surface area contributed by atoms with E-state index in [2.05, 4.69) is 15.4 Å². The summed E-state index contributed by atoms with van der Waals surface area (Å²) in [5.74, 6) is 0.137. The molecule has 2 aliphatic rings. The molecule has 2 aliphatic carbocycles. The summed E-state index contributed by atoms with van der Waals surface area (Å²) in [6.07, 6.45) is 11.4. The Morgan fingerprint density at radius 1 is 0.868 bits per heavy atom. The Morgan fingerprint density at radius 2 is 1.47 bits per heavy atom. The van der Waals surface area contributed by atoms with E-state index in [4.69, 9.17) is 0 Å². The minimum absolute atomic E-state index is 0.0137. The summed E-state index contributed by atoms with van der Waals surface area (Å²) in [5.41, 5.74) is -0.0868. The van der Waals surface area contributed by atoms with Gasteiger partial charge in [-0.1, -0.05) is 75.6 Å². The zero-order valence-electron chi connectivity index (χ0n) is 23.0. The summed E-state index contributed by atoms with van der Waals surface area (Å²) in [4.78, 5) is 27.0. The number of amides is 2. The van der Waals surface area contributed by atoms with Crippen LogP contribution in [0.15, 0.2) is 41.3 Å². The number of sulfonamides is 1. The van der Waals surface area contributed by atoms with Gasteiger partial charge < -0.3 is 10.6 Å². The van der Waals surface area contributed by atoms with E-state index in [0.717, 1.165) is 38.5 Å². The van der Waals surface area contributed by atoms with Crippen molar-refractivity contribution in [2.45, 2.75) is 108 Å². The van der Waals surface area contributed by atoms with Crippen LogP contribution in [0.4, 0.5) is 5.69 Å². The average Bonchev–Trinajstić information content (AvgIpc) is 2.88. The van der Waals surface area contributed by atoms with Gasteiger partial charge in [-0.15, -0.1) is 0 Å². The van der Waals surface area contributed by atoms with Crippen molar-refractivity contribution in [1.82, 2.24) is 10.0 Å². The Bertz CT molecular complexity index is 1240. The van der Waals surface area contributed by atoms with Crippen molar-refractivity contribution < 1.29 is 18.0 Å². The molecule has 0 saturated heterocycles. The van der Waals surface area contributed by atoms with Gasteiger partial charge in [-0.2, -0.15) is 0 Å². The molecule has 1 unspecified atom stereocenters. The van der Waals surface area contributed by atoms with E-state index in [1.807, 2.05) is 12.1 Å². The molecule has 2 aromatic carbocycles. The van der Waals surface area contributed by atoms with Crippen LogP contribution in [0.2, 0.25) is 0 Å². The van der Waals surface area contributed by atoms with E-state index in [0.29, 0.717) is 28.8 Å². The second-order valence-corrected chi connectivity index (χ2v) is 13.8. The van der Waals surface area contributed by atoms with Crippen molar-refractivity contribution in [1.29, 1.82) is 0 Å². The highest BCUT2D eigenvalue weighted by Crippen LogP contribution is 2.32. The predicted octanol–water partition coefficient (Wildman–Crippen LogP) is 5.89. The number of carbonyl (C=O) groups is 2. The molecule has 0 aromatic heterocycles. The van der Waals surface area contributed by atoms with E-state index in [1.165, 1.54) is 25.7 Å². The van der Waals surface area contributed by atoms with Crippen LogP contribution >= 0.6 is 0 Å². The minimum Gasteiger partial charge on any atom is -0.344 e. The normalized spacial score (nSPS) is 18.7. The summed E-state index contributed by atoms with van der Waals surface area (Å²) in [6.45, 7) is 5.40. The third-order valence-electron chi connectivity index (χ3n) is 7.77. The minimum atomic E-state index is -3.77. The number of carbonyl (C=O) groups excluding carboxylic acids is 2. The highest BCUT2D eigenvalue weighted by molar-refractivity contribution is 7.89. The van der Waals surface area contributed by atoms with Gasteiger partial charge in [-0.05, 0) is 58.1 Å². The van der Waals surface area contributed by atoms with Gasteiger partial charge >= 0.3 is 0 Å². The fourth-order valence-corrected chi connectivity index (χ4v) is 7.57. The summed E-state index contributed by atoms with van der Waals surface area (Å²) in [6, 6.07) is 9.78. The van der Waals surface area contributed by atoms with Crippen molar-refractivity contribution in [3.63, 3.8) is 0 Å².